The molecule has 22 heavy (non-hydrogen) atoms. The molecule has 3 rings (SSSR count). The zero-order chi connectivity index (χ0) is 14.7. The van der Waals surface area contributed by atoms with Crippen molar-refractivity contribution in [3.05, 3.63) is 36.0 Å². The Bertz CT molecular complexity index is 604. The highest BCUT2D eigenvalue weighted by Crippen LogP contribution is 2.31. The lowest BCUT2D eigenvalue weighted by atomic mass is 10.1. The smallest absolute Gasteiger partial charge is 0.372 e. The summed E-state index contributed by atoms with van der Waals surface area (Å²) in [4.78, 5) is 14.1. The molecule has 0 N–H and O–H groups in total. The normalized spacial score (nSPS) is 18.0. The number of carbonyl (C=O) groups is 1. The SMILES string of the molecule is CCOC(=O)C[N+]1=C/C(=C\N2CCCC2)c2ccccc21.[Br-]. The molecule has 1 aromatic rings. The average Bonchev–Trinajstić information content (AvgIpc) is 3.09. The third kappa shape index (κ3) is 3.58. The second-order valence-corrected chi connectivity index (χ2v) is 5.41. The predicted octanol–water partition coefficient (Wildman–Crippen LogP) is -0.581. The van der Waals surface area contributed by atoms with E-state index in [4.69, 9.17) is 4.74 Å². The molecule has 5 heteroatoms. The molecule has 2 aliphatic heterocycles. The molecule has 1 aromatic carbocycles. The maximum Gasteiger partial charge on any atom is 0.372 e. The van der Waals surface area contributed by atoms with Crippen molar-refractivity contribution < 1.29 is 31.1 Å². The van der Waals surface area contributed by atoms with Gasteiger partial charge < -0.3 is 26.6 Å². The molecule has 0 aromatic heterocycles. The lowest BCUT2D eigenvalue weighted by Crippen LogP contribution is -3.00. The van der Waals surface area contributed by atoms with E-state index in [9.17, 15) is 4.79 Å². The summed E-state index contributed by atoms with van der Waals surface area (Å²) >= 11 is 0. The van der Waals surface area contributed by atoms with Crippen LogP contribution in [0.5, 0.6) is 0 Å². The molecule has 0 unspecified atom stereocenters. The average molecular weight is 365 g/mol. The monoisotopic (exact) mass is 364 g/mol. The van der Waals surface area contributed by atoms with E-state index in [1.807, 2.05) is 23.6 Å². The van der Waals surface area contributed by atoms with Crippen LogP contribution in [0.3, 0.4) is 0 Å². The van der Waals surface area contributed by atoms with Gasteiger partial charge in [0, 0.05) is 25.4 Å². The van der Waals surface area contributed by atoms with Gasteiger partial charge in [0.2, 0.25) is 12.2 Å². The summed E-state index contributed by atoms with van der Waals surface area (Å²) in [7, 11) is 0. The van der Waals surface area contributed by atoms with Crippen molar-refractivity contribution in [2.45, 2.75) is 19.8 Å². The standard InChI is InChI=1S/C17H21N2O2.BrH/c1-2-21-17(20)13-19-12-14(11-18-9-5-6-10-18)15-7-3-4-8-16(15)19;/h3-4,7-8,11-12H,2,5-6,9-10,13H2,1H3;1H/q+1;/p-1. The van der Waals surface area contributed by atoms with E-state index >= 15 is 0 Å². The number of hydrogen-bond acceptors (Lipinski definition) is 3. The van der Waals surface area contributed by atoms with E-state index in [0.29, 0.717) is 6.61 Å². The number of para-hydroxylation sites is 1. The van der Waals surface area contributed by atoms with Gasteiger partial charge in [0.25, 0.3) is 0 Å². The number of carbonyl (C=O) groups excluding carboxylic acids is 1. The van der Waals surface area contributed by atoms with Crippen LogP contribution < -0.4 is 17.0 Å². The van der Waals surface area contributed by atoms with Crippen LogP contribution in [0.15, 0.2) is 30.5 Å². The number of esters is 1. The first kappa shape index (κ1) is 16.7. The minimum atomic E-state index is -0.189. The van der Waals surface area contributed by atoms with Crippen LogP contribution >= 0.6 is 0 Å². The minimum absolute atomic E-state index is 0. The number of hydrogen-bond donors (Lipinski definition) is 0. The van der Waals surface area contributed by atoms with Crippen LogP contribution in [0.4, 0.5) is 5.69 Å². The van der Waals surface area contributed by atoms with Gasteiger partial charge in [0.15, 0.2) is 6.21 Å². The zero-order valence-corrected chi connectivity index (χ0v) is 14.4. The first-order valence-electron chi connectivity index (χ1n) is 7.60. The fourth-order valence-electron chi connectivity index (χ4n) is 2.92. The van der Waals surface area contributed by atoms with Crippen molar-refractivity contribution in [2.24, 2.45) is 0 Å². The van der Waals surface area contributed by atoms with Gasteiger partial charge in [-0.3, -0.25) is 0 Å². The second-order valence-electron chi connectivity index (χ2n) is 5.41. The molecule has 0 atom stereocenters. The van der Waals surface area contributed by atoms with Crippen LogP contribution in [0, 0.1) is 0 Å². The molecule has 1 saturated heterocycles. The van der Waals surface area contributed by atoms with Crippen molar-refractivity contribution in [1.29, 1.82) is 0 Å². The first-order valence-corrected chi connectivity index (χ1v) is 7.60. The Morgan fingerprint density at radius 1 is 1.32 bits per heavy atom. The topological polar surface area (TPSA) is 32.6 Å². The number of likely N-dealkylation sites (tertiary alicyclic amines) is 1. The molecule has 0 saturated carbocycles. The number of ether oxygens (including phenoxy) is 1. The van der Waals surface area contributed by atoms with E-state index in [2.05, 4.69) is 29.4 Å². The Labute approximate surface area is 141 Å². The third-order valence-electron chi connectivity index (χ3n) is 3.89. The highest BCUT2D eigenvalue weighted by Gasteiger charge is 2.28. The lowest BCUT2D eigenvalue weighted by molar-refractivity contribution is -0.422. The van der Waals surface area contributed by atoms with Gasteiger partial charge >= 0.3 is 5.97 Å². The van der Waals surface area contributed by atoms with Gasteiger partial charge in [-0.15, -0.1) is 0 Å². The number of benzene rings is 1. The summed E-state index contributed by atoms with van der Waals surface area (Å²) in [5.74, 6) is -0.189. The largest absolute Gasteiger partial charge is 1.00 e. The Morgan fingerprint density at radius 3 is 2.77 bits per heavy atom. The molecule has 0 bridgehead atoms. The Hall–Kier alpha value is -1.62. The molecule has 2 heterocycles. The minimum Gasteiger partial charge on any atom is -1.00 e. The molecule has 118 valence electrons. The number of halogens is 1. The summed E-state index contributed by atoms with van der Waals surface area (Å²) < 4.78 is 7.04. The van der Waals surface area contributed by atoms with Gasteiger partial charge in [0.05, 0.1) is 17.7 Å². The lowest BCUT2D eigenvalue weighted by Gasteiger charge is -2.10. The molecular formula is C17H21BrN2O2. The van der Waals surface area contributed by atoms with Crippen LogP contribution in [0.2, 0.25) is 0 Å². The van der Waals surface area contributed by atoms with Gasteiger partial charge in [-0.05, 0) is 25.8 Å². The number of rotatable bonds is 4. The molecule has 0 amide bonds. The van der Waals surface area contributed by atoms with Crippen LogP contribution in [0.25, 0.3) is 5.57 Å². The van der Waals surface area contributed by atoms with E-state index in [-0.39, 0.29) is 29.5 Å². The van der Waals surface area contributed by atoms with Crippen molar-refractivity contribution in [3.63, 3.8) is 0 Å². The van der Waals surface area contributed by atoms with Gasteiger partial charge in [-0.25, -0.2) is 4.79 Å². The molecule has 4 nitrogen and oxygen atoms in total. The summed E-state index contributed by atoms with van der Waals surface area (Å²) in [5, 5.41) is 0. The molecule has 0 spiro atoms. The van der Waals surface area contributed by atoms with E-state index in [1.54, 1.807) is 0 Å². The number of nitrogens with zero attached hydrogens (tertiary/aromatic N) is 2. The van der Waals surface area contributed by atoms with Gasteiger partial charge in [0.1, 0.15) is 0 Å². The Morgan fingerprint density at radius 2 is 2.05 bits per heavy atom. The van der Waals surface area contributed by atoms with Crippen molar-refractivity contribution in [2.75, 3.05) is 26.2 Å². The maximum atomic E-state index is 11.7. The van der Waals surface area contributed by atoms with Gasteiger partial charge in [-0.2, -0.15) is 4.58 Å². The van der Waals surface area contributed by atoms with E-state index in [1.165, 1.54) is 24.0 Å². The summed E-state index contributed by atoms with van der Waals surface area (Å²) in [6, 6.07) is 8.21. The second kappa shape index (κ2) is 7.58. The highest BCUT2D eigenvalue weighted by molar-refractivity contribution is 6.12. The molecule has 1 fully saturated rings. The quantitative estimate of drug-likeness (QED) is 0.529. The highest BCUT2D eigenvalue weighted by atomic mass is 79.9. The summed E-state index contributed by atoms with van der Waals surface area (Å²) in [6.45, 7) is 4.76. The van der Waals surface area contributed by atoms with Crippen LogP contribution in [0.1, 0.15) is 25.3 Å². The fourth-order valence-corrected chi connectivity index (χ4v) is 2.92. The molecule has 2 aliphatic rings. The maximum absolute atomic E-state index is 11.7. The zero-order valence-electron chi connectivity index (χ0n) is 12.8. The molecule has 0 aliphatic carbocycles. The van der Waals surface area contributed by atoms with E-state index < -0.39 is 0 Å². The van der Waals surface area contributed by atoms with Crippen molar-refractivity contribution in [3.8, 4) is 0 Å². The van der Waals surface area contributed by atoms with Crippen molar-refractivity contribution in [1.82, 2.24) is 4.90 Å². The summed E-state index contributed by atoms with van der Waals surface area (Å²) in [6.07, 6.45) is 6.80. The predicted molar refractivity (Wildman–Crippen MR) is 82.7 cm³/mol. The molecule has 0 radical (unpaired) electrons. The third-order valence-corrected chi connectivity index (χ3v) is 3.89. The Kier molecular flexibility index (Phi) is 5.77. The number of allylic oxidation sites excluding steroid dienone is 1. The van der Waals surface area contributed by atoms with Crippen LogP contribution in [-0.4, -0.2) is 47.9 Å². The first-order chi connectivity index (χ1) is 10.3. The Balaban J connectivity index is 0.00000176. The van der Waals surface area contributed by atoms with Crippen molar-refractivity contribution >= 4 is 23.4 Å². The van der Waals surface area contributed by atoms with Gasteiger partial charge in [-0.1, -0.05) is 12.1 Å². The number of fused-ring (bicyclic) bond motifs is 1. The summed E-state index contributed by atoms with van der Waals surface area (Å²) in [5.41, 5.74) is 3.45. The van der Waals surface area contributed by atoms with Crippen LogP contribution in [-0.2, 0) is 9.53 Å². The molecular weight excluding hydrogens is 344 g/mol. The van der Waals surface area contributed by atoms with E-state index in [0.717, 1.165) is 18.8 Å². The fraction of sp³-hybridized carbons (Fsp3) is 0.412.